The van der Waals surface area contributed by atoms with Crippen LogP contribution in [-0.2, 0) is 7.05 Å². The predicted octanol–water partition coefficient (Wildman–Crippen LogP) is 1.39. The van der Waals surface area contributed by atoms with Gasteiger partial charge in [-0.2, -0.15) is 0 Å². The first-order valence-corrected chi connectivity index (χ1v) is 7.45. The zero-order valence-corrected chi connectivity index (χ0v) is 13.6. The summed E-state index contributed by atoms with van der Waals surface area (Å²) in [5.41, 5.74) is 0.0520. The minimum Gasteiger partial charge on any atom is -0.476 e. The van der Waals surface area contributed by atoms with E-state index in [0.29, 0.717) is 17.1 Å². The van der Waals surface area contributed by atoms with Gasteiger partial charge in [-0.05, 0) is 24.3 Å². The number of benzene rings is 1. The number of amides is 1. The number of hydrogen-bond acceptors (Lipinski definition) is 6. The van der Waals surface area contributed by atoms with Crippen molar-refractivity contribution in [3.8, 4) is 0 Å². The van der Waals surface area contributed by atoms with Crippen molar-refractivity contribution in [2.75, 3.05) is 5.32 Å². The molecule has 26 heavy (non-hydrogen) atoms. The summed E-state index contributed by atoms with van der Waals surface area (Å²) < 4.78 is 1.61. The highest BCUT2D eigenvalue weighted by atomic mass is 16.4. The molecule has 0 fully saturated rings. The Morgan fingerprint density at radius 1 is 0.962 bits per heavy atom. The third kappa shape index (κ3) is 3.31. The van der Waals surface area contributed by atoms with Crippen molar-refractivity contribution in [3.05, 3.63) is 71.8 Å². The van der Waals surface area contributed by atoms with E-state index in [2.05, 4.69) is 20.3 Å². The summed E-state index contributed by atoms with van der Waals surface area (Å²) in [4.78, 5) is 47.1. The van der Waals surface area contributed by atoms with Crippen LogP contribution in [0.5, 0.6) is 0 Å². The van der Waals surface area contributed by atoms with Gasteiger partial charge in [0.25, 0.3) is 5.91 Å². The molecule has 0 unspecified atom stereocenters. The molecule has 130 valence electrons. The molecule has 2 heterocycles. The number of anilines is 1. The lowest BCUT2D eigenvalue weighted by Crippen LogP contribution is -2.19. The van der Waals surface area contributed by atoms with E-state index in [9.17, 15) is 14.4 Å². The minimum absolute atomic E-state index is 0.252. The van der Waals surface area contributed by atoms with Gasteiger partial charge in [0.05, 0.1) is 0 Å². The fraction of sp³-hybridized carbons (Fsp3) is 0.0588. The maximum absolute atomic E-state index is 12.3. The van der Waals surface area contributed by atoms with Crippen LogP contribution in [0, 0.1) is 0 Å². The molecular formula is C17H13N5O4. The number of carbonyl (C=O) groups is 3. The number of hydrogen-bond donors (Lipinski definition) is 2. The molecule has 1 aromatic carbocycles. The first-order chi connectivity index (χ1) is 12.5. The average molecular weight is 351 g/mol. The third-order valence-electron chi connectivity index (χ3n) is 3.55. The molecule has 2 N–H and O–H groups in total. The van der Waals surface area contributed by atoms with Gasteiger partial charge in [0.2, 0.25) is 5.78 Å². The fourth-order valence-corrected chi connectivity index (χ4v) is 2.27. The van der Waals surface area contributed by atoms with E-state index in [1.807, 2.05) is 0 Å². The summed E-state index contributed by atoms with van der Waals surface area (Å²) in [5.74, 6) is -2.01. The van der Waals surface area contributed by atoms with Gasteiger partial charge in [-0.25, -0.2) is 19.7 Å². The van der Waals surface area contributed by atoms with Gasteiger partial charge in [0.15, 0.2) is 17.2 Å². The first kappa shape index (κ1) is 17.0. The number of aromatic nitrogens is 4. The Morgan fingerprint density at radius 2 is 1.62 bits per heavy atom. The molecule has 0 spiro atoms. The van der Waals surface area contributed by atoms with Crippen molar-refractivity contribution in [3.63, 3.8) is 0 Å². The molecule has 0 aliphatic carbocycles. The number of nitrogens with zero attached hydrogens (tertiary/aromatic N) is 4. The van der Waals surface area contributed by atoms with Gasteiger partial charge in [-0.15, -0.1) is 0 Å². The molecule has 0 radical (unpaired) electrons. The second-order valence-corrected chi connectivity index (χ2v) is 5.28. The average Bonchev–Trinajstić information content (AvgIpc) is 3.07. The van der Waals surface area contributed by atoms with Crippen LogP contribution >= 0.6 is 0 Å². The van der Waals surface area contributed by atoms with E-state index in [-0.39, 0.29) is 11.5 Å². The van der Waals surface area contributed by atoms with Crippen molar-refractivity contribution in [1.82, 2.24) is 19.5 Å². The number of imidazole rings is 1. The van der Waals surface area contributed by atoms with Crippen molar-refractivity contribution < 1.29 is 19.5 Å². The zero-order chi connectivity index (χ0) is 18.7. The Morgan fingerprint density at radius 3 is 2.19 bits per heavy atom. The second-order valence-electron chi connectivity index (χ2n) is 5.28. The first-order valence-electron chi connectivity index (χ1n) is 7.45. The van der Waals surface area contributed by atoms with Crippen LogP contribution in [0.1, 0.15) is 37.2 Å². The Bertz CT molecular complexity index is 994. The number of aryl methyl sites for hydroxylation is 1. The largest absolute Gasteiger partial charge is 0.476 e. The van der Waals surface area contributed by atoms with Gasteiger partial charge in [0.1, 0.15) is 0 Å². The molecule has 9 nitrogen and oxygen atoms in total. The van der Waals surface area contributed by atoms with Crippen molar-refractivity contribution in [1.29, 1.82) is 0 Å². The van der Waals surface area contributed by atoms with Crippen LogP contribution in [0.25, 0.3) is 0 Å². The van der Waals surface area contributed by atoms with Crippen molar-refractivity contribution >= 4 is 23.3 Å². The van der Waals surface area contributed by atoms with Gasteiger partial charge in [-0.1, -0.05) is 0 Å². The van der Waals surface area contributed by atoms with Crippen molar-refractivity contribution in [2.24, 2.45) is 7.05 Å². The molecule has 0 aliphatic rings. The molecule has 0 atom stereocenters. The number of nitrogens with one attached hydrogen (secondary N) is 1. The van der Waals surface area contributed by atoms with E-state index >= 15 is 0 Å². The summed E-state index contributed by atoms with van der Waals surface area (Å²) in [6.45, 7) is 0. The predicted molar refractivity (Wildman–Crippen MR) is 90.0 cm³/mol. The van der Waals surface area contributed by atoms with Crippen LogP contribution in [0.2, 0.25) is 0 Å². The zero-order valence-electron chi connectivity index (χ0n) is 13.6. The van der Waals surface area contributed by atoms with E-state index in [4.69, 9.17) is 5.11 Å². The number of carboxylic acid groups (broad SMARTS) is 1. The van der Waals surface area contributed by atoms with Gasteiger partial charge in [-0.3, -0.25) is 9.59 Å². The van der Waals surface area contributed by atoms with Crippen LogP contribution in [-0.4, -0.2) is 42.3 Å². The maximum atomic E-state index is 12.3. The minimum atomic E-state index is -1.35. The van der Waals surface area contributed by atoms with E-state index in [1.165, 1.54) is 30.7 Å². The lowest BCUT2D eigenvalue weighted by Gasteiger charge is -2.07. The normalized spacial score (nSPS) is 10.3. The van der Waals surface area contributed by atoms with Crippen LogP contribution in [0.3, 0.4) is 0 Å². The molecule has 1 amide bonds. The molecule has 3 rings (SSSR count). The number of ketones is 1. The Hall–Kier alpha value is -3.88. The topological polar surface area (TPSA) is 127 Å². The molecular weight excluding hydrogens is 338 g/mol. The molecule has 0 aliphatic heterocycles. The van der Waals surface area contributed by atoms with E-state index < -0.39 is 17.6 Å². The number of carbonyl (C=O) groups excluding carboxylic acids is 2. The Balaban J connectivity index is 1.78. The molecule has 0 bridgehead atoms. The maximum Gasteiger partial charge on any atom is 0.356 e. The van der Waals surface area contributed by atoms with Gasteiger partial charge in [0, 0.05) is 43.1 Å². The molecule has 3 aromatic rings. The standard InChI is InChI=1S/C17H13N5O4/c1-22-9-8-20-15(22)14(23)10-2-4-11(5-3-10)21-16(24)12-13(17(25)26)19-7-6-18-12/h2-9H,1H3,(H,21,24)(H,25,26). The highest BCUT2D eigenvalue weighted by molar-refractivity contribution is 6.09. The number of aromatic carboxylic acids is 1. The molecule has 0 saturated heterocycles. The van der Waals surface area contributed by atoms with E-state index in [0.717, 1.165) is 0 Å². The van der Waals surface area contributed by atoms with Gasteiger partial charge >= 0.3 is 5.97 Å². The summed E-state index contributed by atoms with van der Waals surface area (Å²) in [7, 11) is 1.72. The summed E-state index contributed by atoms with van der Waals surface area (Å²) in [6, 6.07) is 6.15. The smallest absolute Gasteiger partial charge is 0.356 e. The second kappa shape index (κ2) is 6.93. The highest BCUT2D eigenvalue weighted by Crippen LogP contribution is 2.14. The van der Waals surface area contributed by atoms with Crippen LogP contribution < -0.4 is 5.32 Å². The summed E-state index contributed by atoms with van der Waals surface area (Å²) >= 11 is 0. The van der Waals surface area contributed by atoms with Crippen LogP contribution in [0.4, 0.5) is 5.69 Å². The number of rotatable bonds is 5. The quantitative estimate of drug-likeness (QED) is 0.665. The molecule has 0 saturated carbocycles. The lowest BCUT2D eigenvalue weighted by atomic mass is 10.1. The third-order valence-corrected chi connectivity index (χ3v) is 3.55. The monoisotopic (exact) mass is 351 g/mol. The summed E-state index contributed by atoms with van der Waals surface area (Å²) in [5, 5.41) is 11.6. The van der Waals surface area contributed by atoms with E-state index in [1.54, 1.807) is 29.9 Å². The van der Waals surface area contributed by atoms with Crippen LogP contribution in [0.15, 0.2) is 49.1 Å². The highest BCUT2D eigenvalue weighted by Gasteiger charge is 2.20. The SMILES string of the molecule is Cn1ccnc1C(=O)c1ccc(NC(=O)c2nccnc2C(=O)O)cc1. The Labute approximate surface area is 147 Å². The molecule has 2 aromatic heterocycles. The summed E-state index contributed by atoms with van der Waals surface area (Å²) in [6.07, 6.45) is 5.62. The number of carboxylic acids is 1. The Kier molecular flexibility index (Phi) is 4.52. The van der Waals surface area contributed by atoms with Crippen molar-refractivity contribution in [2.45, 2.75) is 0 Å². The molecule has 9 heteroatoms. The fourth-order valence-electron chi connectivity index (χ4n) is 2.27. The van der Waals surface area contributed by atoms with Gasteiger partial charge < -0.3 is 15.0 Å². The lowest BCUT2D eigenvalue weighted by molar-refractivity contribution is 0.0684.